The number of halogens is 2. The van der Waals surface area contributed by atoms with Gasteiger partial charge in [0, 0.05) is 18.6 Å². The van der Waals surface area contributed by atoms with Crippen LogP contribution in [0.25, 0.3) is 0 Å². The maximum atomic E-state index is 11.8. The van der Waals surface area contributed by atoms with E-state index in [9.17, 15) is 14.9 Å². The summed E-state index contributed by atoms with van der Waals surface area (Å²) in [6.45, 7) is 1.61. The van der Waals surface area contributed by atoms with Crippen LogP contribution in [0, 0.1) is 15.5 Å². The van der Waals surface area contributed by atoms with Crippen molar-refractivity contribution in [3.8, 4) is 5.75 Å². The normalized spacial score (nSPS) is 24.4. The number of alkyl halides is 2. The van der Waals surface area contributed by atoms with E-state index in [0.717, 1.165) is 0 Å². The summed E-state index contributed by atoms with van der Waals surface area (Å²) >= 11 is 11.7. The molecule has 0 amide bonds. The van der Waals surface area contributed by atoms with Gasteiger partial charge in [-0.2, -0.15) is 0 Å². The van der Waals surface area contributed by atoms with E-state index in [1.165, 1.54) is 24.3 Å². The number of nitro benzene ring substituents is 1. The van der Waals surface area contributed by atoms with Gasteiger partial charge in [0.2, 0.25) is 0 Å². The van der Waals surface area contributed by atoms with Gasteiger partial charge >= 0.3 is 5.97 Å². The zero-order valence-corrected chi connectivity index (χ0v) is 10.9. The summed E-state index contributed by atoms with van der Waals surface area (Å²) in [5.41, 5.74) is -0.991. The molecule has 0 aromatic heterocycles. The lowest BCUT2D eigenvalue weighted by atomic mass is 10.1. The summed E-state index contributed by atoms with van der Waals surface area (Å²) in [7, 11) is 0. The van der Waals surface area contributed by atoms with Crippen molar-refractivity contribution >= 4 is 34.9 Å². The molecule has 0 heterocycles. The van der Waals surface area contributed by atoms with E-state index < -0.39 is 20.6 Å². The van der Waals surface area contributed by atoms with Crippen molar-refractivity contribution in [2.24, 2.45) is 5.41 Å². The first kappa shape index (κ1) is 13.1. The van der Waals surface area contributed by atoms with E-state index in [0.29, 0.717) is 6.42 Å². The molecule has 0 unspecified atom stereocenters. The van der Waals surface area contributed by atoms with E-state index in [1.54, 1.807) is 6.92 Å². The number of ether oxygens (including phenoxy) is 1. The van der Waals surface area contributed by atoms with Gasteiger partial charge in [0.15, 0.2) is 0 Å². The molecule has 1 fully saturated rings. The monoisotopic (exact) mass is 289 g/mol. The molecule has 0 N–H and O–H groups in total. The predicted octanol–water partition coefficient (Wildman–Crippen LogP) is 3.08. The summed E-state index contributed by atoms with van der Waals surface area (Å²) in [6.07, 6.45) is 0.328. The van der Waals surface area contributed by atoms with Gasteiger partial charge < -0.3 is 4.74 Å². The van der Waals surface area contributed by atoms with E-state index in [2.05, 4.69) is 0 Å². The van der Waals surface area contributed by atoms with E-state index in [-0.39, 0.29) is 11.4 Å². The van der Waals surface area contributed by atoms with Crippen molar-refractivity contribution in [2.75, 3.05) is 0 Å². The molecule has 1 aliphatic rings. The number of benzene rings is 1. The standard InChI is InChI=1S/C11H9Cl2NO4/c1-10(6-11(10,12)13)9(15)18-8-4-2-7(3-5-8)14(16)17/h2-5H,6H2,1H3/t10-/m0/s1. The number of carbonyl (C=O) groups is 1. The van der Waals surface area contributed by atoms with Gasteiger partial charge in [-0.15, -0.1) is 23.2 Å². The molecule has 1 saturated carbocycles. The molecule has 0 aliphatic heterocycles. The minimum Gasteiger partial charge on any atom is -0.426 e. The fraction of sp³-hybridized carbons (Fsp3) is 0.364. The van der Waals surface area contributed by atoms with Gasteiger partial charge in [-0.25, -0.2) is 0 Å². The second-order valence-corrected chi connectivity index (χ2v) is 5.84. The molecule has 1 aromatic rings. The molecule has 7 heteroatoms. The fourth-order valence-electron chi connectivity index (χ4n) is 1.48. The van der Waals surface area contributed by atoms with Gasteiger partial charge in [-0.3, -0.25) is 14.9 Å². The molecule has 2 rings (SSSR count). The molecule has 1 aromatic carbocycles. The predicted molar refractivity (Wildman–Crippen MR) is 65.9 cm³/mol. The van der Waals surface area contributed by atoms with Crippen LogP contribution >= 0.6 is 23.2 Å². The largest absolute Gasteiger partial charge is 0.426 e. The zero-order valence-electron chi connectivity index (χ0n) is 9.35. The minimum atomic E-state index is -1.09. The van der Waals surface area contributed by atoms with Crippen molar-refractivity contribution in [3.63, 3.8) is 0 Å². The van der Waals surface area contributed by atoms with Crippen molar-refractivity contribution in [2.45, 2.75) is 17.7 Å². The first-order valence-electron chi connectivity index (χ1n) is 5.11. The zero-order chi connectivity index (χ0) is 13.6. The molecule has 0 bridgehead atoms. The lowest BCUT2D eigenvalue weighted by Gasteiger charge is -2.11. The number of rotatable bonds is 3. The minimum absolute atomic E-state index is 0.0727. The molecule has 1 aliphatic carbocycles. The number of esters is 1. The number of nitro groups is 1. The van der Waals surface area contributed by atoms with Crippen molar-refractivity contribution in [1.82, 2.24) is 0 Å². The summed E-state index contributed by atoms with van der Waals surface area (Å²) in [5.74, 6) is -0.316. The second kappa shape index (κ2) is 4.10. The van der Waals surface area contributed by atoms with Crippen LogP contribution in [-0.4, -0.2) is 15.2 Å². The van der Waals surface area contributed by atoms with Crippen molar-refractivity contribution < 1.29 is 14.5 Å². The topological polar surface area (TPSA) is 69.4 Å². The molecule has 0 saturated heterocycles. The van der Waals surface area contributed by atoms with Crippen LogP contribution in [-0.2, 0) is 4.79 Å². The van der Waals surface area contributed by atoms with Crippen LogP contribution in [0.15, 0.2) is 24.3 Å². The lowest BCUT2D eigenvalue weighted by Crippen LogP contribution is -2.23. The quantitative estimate of drug-likeness (QED) is 0.282. The maximum absolute atomic E-state index is 11.8. The molecule has 18 heavy (non-hydrogen) atoms. The number of nitrogens with zero attached hydrogens (tertiary/aromatic N) is 1. The third kappa shape index (κ3) is 2.15. The molecule has 0 radical (unpaired) electrons. The molecule has 0 spiro atoms. The highest BCUT2D eigenvalue weighted by Crippen LogP contribution is 2.64. The highest BCUT2D eigenvalue weighted by molar-refractivity contribution is 6.53. The highest BCUT2D eigenvalue weighted by atomic mass is 35.5. The molecule has 96 valence electrons. The first-order chi connectivity index (χ1) is 8.26. The summed E-state index contributed by atoms with van der Waals surface area (Å²) < 4.78 is 3.99. The number of non-ortho nitro benzene ring substituents is 1. The Bertz CT molecular complexity index is 514. The first-order valence-corrected chi connectivity index (χ1v) is 5.86. The van der Waals surface area contributed by atoms with Gasteiger partial charge in [0.1, 0.15) is 15.5 Å². The van der Waals surface area contributed by atoms with Gasteiger partial charge in [-0.1, -0.05) is 0 Å². The van der Waals surface area contributed by atoms with Gasteiger partial charge in [0.25, 0.3) is 5.69 Å². The molecule has 1 atom stereocenters. The third-order valence-electron chi connectivity index (χ3n) is 2.97. The average molecular weight is 290 g/mol. The van der Waals surface area contributed by atoms with Gasteiger partial charge in [0.05, 0.1) is 4.92 Å². The Labute approximate surface area is 113 Å². The number of carbonyl (C=O) groups excluding carboxylic acids is 1. The van der Waals surface area contributed by atoms with Crippen molar-refractivity contribution in [3.05, 3.63) is 34.4 Å². The smallest absolute Gasteiger partial charge is 0.320 e. The Morgan fingerprint density at radius 1 is 1.39 bits per heavy atom. The lowest BCUT2D eigenvalue weighted by molar-refractivity contribution is -0.384. The third-order valence-corrected chi connectivity index (χ3v) is 4.07. The Kier molecular flexibility index (Phi) is 2.99. The van der Waals surface area contributed by atoms with Crippen molar-refractivity contribution in [1.29, 1.82) is 0 Å². The van der Waals surface area contributed by atoms with Crippen LogP contribution in [0.3, 0.4) is 0 Å². The van der Waals surface area contributed by atoms with Crippen LogP contribution in [0.4, 0.5) is 5.69 Å². The van der Waals surface area contributed by atoms with E-state index in [4.69, 9.17) is 27.9 Å². The average Bonchev–Trinajstić information content (AvgIpc) is 2.80. The Balaban J connectivity index is 2.07. The molecular formula is C11H9Cl2NO4. The summed E-state index contributed by atoms with van der Waals surface area (Å²) in [4.78, 5) is 21.7. The Morgan fingerprint density at radius 2 is 1.89 bits per heavy atom. The fourth-order valence-corrected chi connectivity index (χ4v) is 2.17. The number of hydrogen-bond acceptors (Lipinski definition) is 4. The van der Waals surface area contributed by atoms with Gasteiger partial charge in [-0.05, 0) is 19.1 Å². The summed E-state index contributed by atoms with van der Waals surface area (Å²) in [5, 5.41) is 10.5. The van der Waals surface area contributed by atoms with E-state index >= 15 is 0 Å². The van der Waals surface area contributed by atoms with Crippen LogP contribution < -0.4 is 4.74 Å². The SMILES string of the molecule is C[C@@]1(C(=O)Oc2ccc([N+](=O)[O-])cc2)CC1(Cl)Cl. The molecule has 5 nitrogen and oxygen atoms in total. The molecular weight excluding hydrogens is 281 g/mol. The number of hydrogen-bond donors (Lipinski definition) is 0. The highest BCUT2D eigenvalue weighted by Gasteiger charge is 2.69. The summed E-state index contributed by atoms with van der Waals surface area (Å²) in [6, 6.07) is 5.22. The second-order valence-electron chi connectivity index (χ2n) is 4.35. The van der Waals surface area contributed by atoms with Crippen LogP contribution in [0.2, 0.25) is 0 Å². The van der Waals surface area contributed by atoms with E-state index in [1.807, 2.05) is 0 Å². The maximum Gasteiger partial charge on any atom is 0.320 e. The van der Waals surface area contributed by atoms with Crippen LogP contribution in [0.5, 0.6) is 5.75 Å². The Hall–Kier alpha value is -1.33. The van der Waals surface area contributed by atoms with Crippen LogP contribution in [0.1, 0.15) is 13.3 Å². The Morgan fingerprint density at radius 3 is 2.28 bits per heavy atom.